The van der Waals surface area contributed by atoms with Crippen molar-refractivity contribution in [1.29, 1.82) is 0 Å². The van der Waals surface area contributed by atoms with Crippen LogP contribution < -0.4 is 10.1 Å². The van der Waals surface area contributed by atoms with Crippen LogP contribution in [0.3, 0.4) is 0 Å². The maximum atomic E-state index is 11.9. The monoisotopic (exact) mass is 431 g/mol. The minimum atomic E-state index is -0.466. The molecule has 0 unspecified atom stereocenters. The van der Waals surface area contributed by atoms with Crippen LogP contribution in [0.25, 0.3) is 6.08 Å². The van der Waals surface area contributed by atoms with E-state index < -0.39 is 10.8 Å². The number of amides is 2. The Morgan fingerprint density at radius 2 is 2.03 bits per heavy atom. The number of thioether (sulfide) groups is 1. The Morgan fingerprint density at radius 1 is 1.31 bits per heavy atom. The van der Waals surface area contributed by atoms with Gasteiger partial charge in [-0.15, -0.1) is 0 Å². The SMILES string of the molecule is CC(=O)NC1=NC(=O)/C(=C/c2ccc(OCc3ccc([N+](=O)[O-])cc3)c(Cl)c2)S1. The van der Waals surface area contributed by atoms with Crippen molar-refractivity contribution in [3.63, 3.8) is 0 Å². The summed E-state index contributed by atoms with van der Waals surface area (Å²) in [6.45, 7) is 1.53. The van der Waals surface area contributed by atoms with Gasteiger partial charge >= 0.3 is 0 Å². The first-order valence-electron chi connectivity index (χ1n) is 8.27. The summed E-state index contributed by atoms with van der Waals surface area (Å²) in [5.74, 6) is -0.302. The highest BCUT2D eigenvalue weighted by molar-refractivity contribution is 8.18. The second kappa shape index (κ2) is 8.89. The molecule has 0 atom stereocenters. The number of nitrogens with one attached hydrogen (secondary N) is 1. The fourth-order valence-corrected chi connectivity index (χ4v) is 3.47. The summed E-state index contributed by atoms with van der Waals surface area (Å²) in [6, 6.07) is 11.1. The van der Waals surface area contributed by atoms with Crippen molar-refractivity contribution in [1.82, 2.24) is 5.32 Å². The number of aliphatic imine (C=N–C) groups is 1. The van der Waals surface area contributed by atoms with Crippen molar-refractivity contribution in [2.75, 3.05) is 0 Å². The van der Waals surface area contributed by atoms with Crippen molar-refractivity contribution < 1.29 is 19.2 Å². The van der Waals surface area contributed by atoms with Gasteiger partial charge in [0.25, 0.3) is 11.6 Å². The van der Waals surface area contributed by atoms with Gasteiger partial charge in [0.2, 0.25) is 5.91 Å². The topological polar surface area (TPSA) is 111 Å². The van der Waals surface area contributed by atoms with E-state index in [1.165, 1.54) is 19.1 Å². The lowest BCUT2D eigenvalue weighted by molar-refractivity contribution is -0.384. The van der Waals surface area contributed by atoms with Crippen LogP contribution in [0.5, 0.6) is 5.75 Å². The number of nitrogens with zero attached hydrogens (tertiary/aromatic N) is 2. The van der Waals surface area contributed by atoms with E-state index in [9.17, 15) is 19.7 Å². The molecule has 0 saturated heterocycles. The number of nitro benzene ring substituents is 1. The molecule has 0 bridgehead atoms. The van der Waals surface area contributed by atoms with Gasteiger partial charge in [0, 0.05) is 19.1 Å². The van der Waals surface area contributed by atoms with Crippen molar-refractivity contribution in [3.05, 3.63) is 73.6 Å². The highest BCUT2D eigenvalue weighted by atomic mass is 35.5. The van der Waals surface area contributed by atoms with E-state index in [1.807, 2.05) is 0 Å². The number of benzene rings is 2. The van der Waals surface area contributed by atoms with Crippen LogP contribution >= 0.6 is 23.4 Å². The maximum absolute atomic E-state index is 11.9. The Kier molecular flexibility index (Phi) is 6.30. The molecule has 148 valence electrons. The van der Waals surface area contributed by atoms with E-state index >= 15 is 0 Å². The molecule has 0 aliphatic carbocycles. The summed E-state index contributed by atoms with van der Waals surface area (Å²) in [6.07, 6.45) is 1.62. The standard InChI is InChI=1S/C19H14ClN3O5S/c1-11(24)21-19-22-18(25)17(29-19)9-13-4-7-16(15(20)8-13)28-10-12-2-5-14(6-3-12)23(26)27/h2-9H,10H2,1H3,(H,21,22,24,25)/b17-9-. The van der Waals surface area contributed by atoms with Crippen molar-refractivity contribution >= 4 is 52.1 Å². The van der Waals surface area contributed by atoms with E-state index in [0.29, 0.717) is 21.2 Å². The van der Waals surface area contributed by atoms with Crippen molar-refractivity contribution in [2.45, 2.75) is 13.5 Å². The van der Waals surface area contributed by atoms with E-state index in [0.717, 1.165) is 17.3 Å². The zero-order valence-electron chi connectivity index (χ0n) is 15.0. The molecular formula is C19H14ClN3O5S. The third-order valence-corrected chi connectivity index (χ3v) is 4.89. The van der Waals surface area contributed by atoms with Gasteiger partial charge in [0.1, 0.15) is 12.4 Å². The summed E-state index contributed by atoms with van der Waals surface area (Å²) >= 11 is 7.33. The lowest BCUT2D eigenvalue weighted by atomic mass is 10.2. The molecule has 2 aromatic carbocycles. The molecule has 29 heavy (non-hydrogen) atoms. The molecular weight excluding hydrogens is 418 g/mol. The van der Waals surface area contributed by atoms with Gasteiger partial charge < -0.3 is 10.1 Å². The lowest BCUT2D eigenvalue weighted by Gasteiger charge is -2.09. The first kappa shape index (κ1) is 20.6. The third kappa shape index (κ3) is 5.43. The van der Waals surface area contributed by atoms with Crippen molar-refractivity contribution in [2.24, 2.45) is 4.99 Å². The van der Waals surface area contributed by atoms with E-state index in [-0.39, 0.29) is 23.4 Å². The zero-order valence-corrected chi connectivity index (χ0v) is 16.6. The molecule has 0 radical (unpaired) electrons. The first-order valence-corrected chi connectivity index (χ1v) is 9.47. The number of hydrogen-bond acceptors (Lipinski definition) is 6. The number of carbonyl (C=O) groups excluding carboxylic acids is 2. The van der Waals surface area contributed by atoms with E-state index in [1.54, 1.807) is 36.4 Å². The molecule has 1 aliphatic rings. The van der Waals surface area contributed by atoms with Gasteiger partial charge in [-0.3, -0.25) is 19.7 Å². The summed E-state index contributed by atoms with van der Waals surface area (Å²) in [5.41, 5.74) is 1.44. The van der Waals surface area contributed by atoms with Gasteiger partial charge in [-0.05, 0) is 53.2 Å². The summed E-state index contributed by atoms with van der Waals surface area (Å²) in [7, 11) is 0. The predicted octanol–water partition coefficient (Wildman–Crippen LogP) is 3.93. The van der Waals surface area contributed by atoms with E-state index in [4.69, 9.17) is 16.3 Å². The Bertz CT molecular complexity index is 1050. The molecule has 0 spiro atoms. The quantitative estimate of drug-likeness (QED) is 0.436. The minimum Gasteiger partial charge on any atom is -0.487 e. The number of amidine groups is 1. The molecule has 0 fully saturated rings. The van der Waals surface area contributed by atoms with Gasteiger partial charge in [-0.25, -0.2) is 0 Å². The second-order valence-electron chi connectivity index (χ2n) is 5.92. The highest BCUT2D eigenvalue weighted by Crippen LogP contribution is 2.31. The number of rotatable bonds is 5. The molecule has 0 saturated carbocycles. The average molecular weight is 432 g/mol. The molecule has 1 aliphatic heterocycles. The number of nitro groups is 1. The Labute approximate surface area is 174 Å². The predicted molar refractivity (Wildman–Crippen MR) is 111 cm³/mol. The van der Waals surface area contributed by atoms with Crippen LogP contribution in [0.1, 0.15) is 18.1 Å². The highest BCUT2D eigenvalue weighted by Gasteiger charge is 2.22. The van der Waals surface area contributed by atoms with Crippen LogP contribution in [0.4, 0.5) is 5.69 Å². The smallest absolute Gasteiger partial charge is 0.286 e. The maximum Gasteiger partial charge on any atom is 0.286 e. The van der Waals surface area contributed by atoms with E-state index in [2.05, 4.69) is 10.3 Å². The molecule has 2 amide bonds. The van der Waals surface area contributed by atoms with Crippen LogP contribution in [-0.4, -0.2) is 21.9 Å². The Morgan fingerprint density at radius 3 is 2.66 bits per heavy atom. The van der Waals surface area contributed by atoms with Gasteiger partial charge in [-0.2, -0.15) is 4.99 Å². The fourth-order valence-electron chi connectivity index (χ4n) is 2.36. The summed E-state index contributed by atoms with van der Waals surface area (Å²) in [5, 5.41) is 13.7. The summed E-state index contributed by atoms with van der Waals surface area (Å²) < 4.78 is 5.67. The third-order valence-electron chi connectivity index (χ3n) is 3.70. The summed E-state index contributed by atoms with van der Waals surface area (Å²) in [4.78, 5) is 37.3. The van der Waals surface area contributed by atoms with Crippen LogP contribution in [0.2, 0.25) is 5.02 Å². The molecule has 1 heterocycles. The van der Waals surface area contributed by atoms with Crippen LogP contribution in [0, 0.1) is 10.1 Å². The normalized spacial score (nSPS) is 14.6. The minimum absolute atomic E-state index is 0.00846. The first-order chi connectivity index (χ1) is 13.8. The van der Waals surface area contributed by atoms with Gasteiger partial charge in [0.15, 0.2) is 5.17 Å². The second-order valence-corrected chi connectivity index (χ2v) is 7.35. The molecule has 10 heteroatoms. The average Bonchev–Trinajstić information content (AvgIpc) is 2.99. The molecule has 8 nitrogen and oxygen atoms in total. The number of carbonyl (C=O) groups is 2. The van der Waals surface area contributed by atoms with Gasteiger partial charge in [-0.1, -0.05) is 17.7 Å². The Balaban J connectivity index is 1.65. The lowest BCUT2D eigenvalue weighted by Crippen LogP contribution is -2.23. The van der Waals surface area contributed by atoms with Crippen LogP contribution in [0.15, 0.2) is 52.4 Å². The number of halogens is 1. The number of hydrogen-bond donors (Lipinski definition) is 1. The molecule has 0 aromatic heterocycles. The molecule has 2 aromatic rings. The van der Waals surface area contributed by atoms with Crippen LogP contribution in [-0.2, 0) is 16.2 Å². The fraction of sp³-hybridized carbons (Fsp3) is 0.105. The Hall–Kier alpha value is -3.17. The number of non-ortho nitro benzene ring substituents is 1. The van der Waals surface area contributed by atoms with Crippen molar-refractivity contribution in [3.8, 4) is 5.75 Å². The zero-order chi connectivity index (χ0) is 21.0. The largest absolute Gasteiger partial charge is 0.487 e. The van der Waals surface area contributed by atoms with Gasteiger partial charge in [0.05, 0.1) is 14.9 Å². The molecule has 1 N–H and O–H groups in total. The number of ether oxygens (including phenoxy) is 1. The molecule has 3 rings (SSSR count).